The van der Waals surface area contributed by atoms with Crippen molar-refractivity contribution in [1.29, 1.82) is 0 Å². The molecule has 5 unspecified atom stereocenters. The number of hydrogen-bond acceptors (Lipinski definition) is 20. The summed E-state index contributed by atoms with van der Waals surface area (Å²) in [5.41, 5.74) is 16.7. The molecular formula is C65H67ClN16O15S2. The molecule has 0 fully saturated rings. The lowest BCUT2D eigenvalue weighted by Crippen LogP contribution is -2.57. The summed E-state index contributed by atoms with van der Waals surface area (Å²) in [5.74, 6) is -7.07. The van der Waals surface area contributed by atoms with E-state index in [2.05, 4.69) is 67.1 Å². The van der Waals surface area contributed by atoms with Crippen LogP contribution in [0, 0.1) is 0 Å². The molecule has 0 radical (unpaired) electrons. The van der Waals surface area contributed by atoms with E-state index in [1.54, 1.807) is 35.2 Å². The van der Waals surface area contributed by atoms with Crippen molar-refractivity contribution in [2.45, 2.75) is 69.2 Å². The highest BCUT2D eigenvalue weighted by Crippen LogP contribution is 2.46. The fraction of sp³-hybridized carbons (Fsp3) is 0.262. The third kappa shape index (κ3) is 18.4. The van der Waals surface area contributed by atoms with E-state index < -0.39 is 96.7 Å². The Hall–Kier alpha value is -11.3. The standard InChI is InChI=1S/C33H26ClN5O4.C32H41N11O11S2/c1-35-33(42)43-29-15-28-30(23-8-4-3-7-22(23)29)20(16-34)17-39(28)32(41)27-14-19-12-21(10-11-25(19)38-27)36-31(40)26-13-18-6-2-5-9-24(18)37-26;1-2-9-55-56-14-21(31(53)54)41-28(49)20(10-23(45)46)40-27(48)18(33)13-36-22(44)8-7-19(30(51)52)39-26(47)15-3-5-16(6-4-15)35-11-17-12-37-25-24(38-17)29(50)43-32(34)42-25/h2-15,20,37-38H,16-17H2,1H3,(H,35,42)(H,36,40);3-6,12,18-21,35H,2,7-11,13-14,33H2,1H3,(H,36,44)(H,39,47)(H,40,48)(H,41,49)(H,45,46)(H,51,52)(H,53,54)(H3,34,37,42,43,50). The Morgan fingerprint density at radius 1 is 0.758 bits per heavy atom. The number of nitrogens with two attached hydrogens (primary N) is 2. The van der Waals surface area contributed by atoms with E-state index in [9.17, 15) is 68.1 Å². The van der Waals surface area contributed by atoms with Crippen LogP contribution in [0.25, 0.3) is 43.7 Å². The maximum Gasteiger partial charge on any atom is 0.412 e. The van der Waals surface area contributed by atoms with Crippen molar-refractivity contribution in [3.8, 4) is 5.75 Å². The quantitative estimate of drug-likeness (QED) is 0.0166. The first-order chi connectivity index (χ1) is 47.5. The number of rotatable bonds is 28. The smallest absolute Gasteiger partial charge is 0.412 e. The summed E-state index contributed by atoms with van der Waals surface area (Å²) in [4.78, 5) is 159. The van der Waals surface area contributed by atoms with Crippen LogP contribution in [0.15, 0.2) is 120 Å². The molecule has 7 amide bonds. The molecule has 1 aliphatic rings. The largest absolute Gasteiger partial charge is 0.481 e. The average Bonchev–Trinajstić information content (AvgIpc) is 1.63. The maximum atomic E-state index is 14.0. The third-order valence-electron chi connectivity index (χ3n) is 15.3. The fourth-order valence-corrected chi connectivity index (χ4v) is 12.9. The van der Waals surface area contributed by atoms with Crippen LogP contribution >= 0.6 is 33.2 Å². The second-order valence-electron chi connectivity index (χ2n) is 22.4. The zero-order chi connectivity index (χ0) is 71.0. The van der Waals surface area contributed by atoms with E-state index in [0.717, 1.165) is 50.3 Å². The minimum Gasteiger partial charge on any atom is -0.481 e. The highest BCUT2D eigenvalue weighted by molar-refractivity contribution is 8.76. The number of aromatic nitrogens is 6. The molecule has 0 saturated carbocycles. The molecule has 5 atom stereocenters. The lowest BCUT2D eigenvalue weighted by Gasteiger charge is -2.22. The number of H-pyrrole nitrogens is 3. The molecule has 0 saturated heterocycles. The molecule has 0 bridgehead atoms. The van der Waals surface area contributed by atoms with Gasteiger partial charge < -0.3 is 83.6 Å². The second kappa shape index (κ2) is 33.1. The monoisotopic (exact) mass is 1410 g/mol. The Bertz CT molecular complexity index is 4600. The number of aliphatic carboxylic acids is 3. The highest BCUT2D eigenvalue weighted by Gasteiger charge is 2.37. The molecule has 5 aromatic carbocycles. The molecule has 10 rings (SSSR count). The predicted molar refractivity (Wildman–Crippen MR) is 373 cm³/mol. The van der Waals surface area contributed by atoms with Gasteiger partial charge in [-0.1, -0.05) is 71.0 Å². The molecule has 1 aliphatic heterocycles. The molecule has 516 valence electrons. The molecule has 4 aromatic heterocycles. The topological polar surface area (TPSA) is 483 Å². The second-order valence-corrected chi connectivity index (χ2v) is 25.3. The van der Waals surface area contributed by atoms with Gasteiger partial charge in [0.1, 0.15) is 41.3 Å². The first-order valence-corrected chi connectivity index (χ1v) is 33.6. The predicted octanol–water partition coefficient (Wildman–Crippen LogP) is 5.39. The SMILES string of the molecule is CCCSSCC(NC(=O)C(CC(=O)O)NC(=O)C(N)CNC(=O)CCC(NC(=O)c1ccc(NCc2cnc3nc(N)[nH]c(=O)c3n2)cc1)C(=O)O)C(=O)O.CNC(=O)Oc1cc2c(c3ccccc13)C(CCl)CN2C(=O)c1cc2cc(NC(=O)c3cc4ccccc4[nH]3)ccc2[nH]1. The number of carbonyl (C=O) groups is 10. The molecule has 9 aromatic rings. The minimum absolute atomic E-state index is 0.00902. The molecule has 5 heterocycles. The molecule has 99 heavy (non-hydrogen) atoms. The summed E-state index contributed by atoms with van der Waals surface area (Å²) in [6, 6.07) is 26.1. The number of carbonyl (C=O) groups excluding carboxylic acids is 7. The van der Waals surface area contributed by atoms with Crippen molar-refractivity contribution >= 4 is 159 Å². The Kier molecular flexibility index (Phi) is 24.1. The number of nitrogens with zero attached hydrogens (tertiary/aromatic N) is 4. The van der Waals surface area contributed by atoms with Crippen LogP contribution < -0.4 is 63.9 Å². The number of carboxylic acids is 3. The number of ether oxygens (including phenoxy) is 1. The normalized spacial score (nSPS) is 13.6. The number of halogens is 1. The van der Waals surface area contributed by atoms with Gasteiger partial charge in [0.05, 0.1) is 30.5 Å². The van der Waals surface area contributed by atoms with E-state index in [0.29, 0.717) is 52.3 Å². The van der Waals surface area contributed by atoms with Crippen molar-refractivity contribution in [2.75, 3.05) is 58.8 Å². The van der Waals surface area contributed by atoms with Gasteiger partial charge >= 0.3 is 24.0 Å². The van der Waals surface area contributed by atoms with Gasteiger partial charge in [0, 0.05) is 100 Å². The number of para-hydroxylation sites is 1. The Balaban J connectivity index is 0.000000238. The van der Waals surface area contributed by atoms with Crippen LogP contribution in [0.4, 0.5) is 27.8 Å². The lowest BCUT2D eigenvalue weighted by atomic mass is 9.95. The average molecular weight is 1410 g/mol. The van der Waals surface area contributed by atoms with Crippen molar-refractivity contribution in [2.24, 2.45) is 5.73 Å². The number of carboxylic acid groups (broad SMARTS) is 3. The van der Waals surface area contributed by atoms with Crippen LogP contribution in [-0.2, 0) is 35.3 Å². The van der Waals surface area contributed by atoms with Gasteiger partial charge in [0.25, 0.3) is 23.3 Å². The Labute approximate surface area is 574 Å². The van der Waals surface area contributed by atoms with Crippen LogP contribution in [0.3, 0.4) is 0 Å². The van der Waals surface area contributed by atoms with E-state index in [1.807, 2.05) is 73.7 Å². The van der Waals surface area contributed by atoms with Gasteiger partial charge in [-0.2, -0.15) is 4.98 Å². The summed E-state index contributed by atoms with van der Waals surface area (Å²) >= 11 is 6.41. The van der Waals surface area contributed by atoms with Crippen LogP contribution in [-0.4, -0.2) is 166 Å². The molecule has 31 nitrogen and oxygen atoms in total. The van der Waals surface area contributed by atoms with Crippen molar-refractivity contribution in [3.05, 3.63) is 154 Å². The molecule has 0 aliphatic carbocycles. The number of aromatic amines is 3. The Morgan fingerprint density at radius 3 is 2.15 bits per heavy atom. The number of alkyl halides is 1. The number of nitrogen functional groups attached to an aromatic ring is 1. The molecule has 0 spiro atoms. The van der Waals surface area contributed by atoms with Gasteiger partial charge in [0.2, 0.25) is 23.7 Å². The summed E-state index contributed by atoms with van der Waals surface area (Å²) in [6.07, 6.45) is 0.0352. The molecule has 17 N–H and O–H groups in total. The first-order valence-electron chi connectivity index (χ1n) is 30.6. The zero-order valence-corrected chi connectivity index (χ0v) is 55.2. The lowest BCUT2D eigenvalue weighted by molar-refractivity contribution is -0.143. The van der Waals surface area contributed by atoms with E-state index in [1.165, 1.54) is 47.0 Å². The number of benzene rings is 5. The van der Waals surface area contributed by atoms with E-state index in [4.69, 9.17) is 27.8 Å². The molecular weight excluding hydrogens is 1340 g/mol. The summed E-state index contributed by atoms with van der Waals surface area (Å²) in [5, 5.41) is 49.2. The van der Waals surface area contributed by atoms with Crippen molar-refractivity contribution < 1.29 is 68.0 Å². The maximum absolute atomic E-state index is 14.0. The summed E-state index contributed by atoms with van der Waals surface area (Å²) in [6.45, 7) is 1.99. The molecule has 34 heteroatoms. The Morgan fingerprint density at radius 2 is 1.44 bits per heavy atom. The van der Waals surface area contributed by atoms with Crippen molar-refractivity contribution in [3.63, 3.8) is 0 Å². The summed E-state index contributed by atoms with van der Waals surface area (Å²) < 4.78 is 5.58. The van der Waals surface area contributed by atoms with Gasteiger partial charge in [-0.3, -0.25) is 43.3 Å². The number of anilines is 4. The van der Waals surface area contributed by atoms with Gasteiger partial charge in [0.15, 0.2) is 11.2 Å². The zero-order valence-electron chi connectivity index (χ0n) is 52.8. The third-order valence-corrected chi connectivity index (χ3v) is 18.3. The van der Waals surface area contributed by atoms with E-state index in [-0.39, 0.29) is 59.1 Å². The van der Waals surface area contributed by atoms with Crippen LogP contribution in [0.2, 0.25) is 0 Å². The fourth-order valence-electron chi connectivity index (χ4n) is 10.4. The minimum atomic E-state index is -1.68. The van der Waals surface area contributed by atoms with Crippen LogP contribution in [0.5, 0.6) is 5.75 Å². The van der Waals surface area contributed by atoms with Crippen LogP contribution in [0.1, 0.15) is 81.1 Å². The van der Waals surface area contributed by atoms with Gasteiger partial charge in [-0.15, -0.1) is 11.6 Å². The van der Waals surface area contributed by atoms with E-state index >= 15 is 0 Å². The highest BCUT2D eigenvalue weighted by atomic mass is 35.5. The number of amides is 7. The first kappa shape index (κ1) is 72.0. The number of fused-ring (bicyclic) bond motifs is 6. The number of nitrogens with one attached hydrogen (secondary N) is 10. The van der Waals surface area contributed by atoms with Gasteiger partial charge in [-0.05, 0) is 84.5 Å². The van der Waals surface area contributed by atoms with Gasteiger partial charge in [-0.25, -0.2) is 24.4 Å². The van der Waals surface area contributed by atoms with Crippen molar-refractivity contribution in [1.82, 2.24) is 56.5 Å². The summed E-state index contributed by atoms with van der Waals surface area (Å²) in [7, 11) is 4.10. The number of hydrogen-bond donors (Lipinski definition) is 15.